The molecule has 0 aliphatic carbocycles. The molecule has 1 saturated heterocycles. The van der Waals surface area contributed by atoms with Gasteiger partial charge in [0.05, 0.1) is 11.1 Å². The highest BCUT2D eigenvalue weighted by Crippen LogP contribution is 2.26. The molecule has 6 heteroatoms. The highest BCUT2D eigenvalue weighted by molar-refractivity contribution is 6.22. The zero-order chi connectivity index (χ0) is 19.8. The van der Waals surface area contributed by atoms with Crippen LogP contribution in [0.15, 0.2) is 48.5 Å². The molecule has 0 spiro atoms. The van der Waals surface area contributed by atoms with Crippen molar-refractivity contribution in [3.8, 4) is 0 Å². The lowest BCUT2D eigenvalue weighted by Gasteiger charge is -2.38. The summed E-state index contributed by atoms with van der Waals surface area (Å²) in [6.07, 6.45) is 0. The van der Waals surface area contributed by atoms with Crippen LogP contribution in [0, 0.1) is 6.92 Å². The molecular formula is C22H23N3O3. The van der Waals surface area contributed by atoms with Crippen molar-refractivity contribution in [2.24, 2.45) is 0 Å². The molecule has 0 saturated carbocycles. The van der Waals surface area contributed by atoms with Gasteiger partial charge in [0, 0.05) is 31.9 Å². The van der Waals surface area contributed by atoms with Crippen LogP contribution in [-0.2, 0) is 4.79 Å². The molecule has 2 aromatic carbocycles. The van der Waals surface area contributed by atoms with Gasteiger partial charge in [0.25, 0.3) is 11.8 Å². The zero-order valence-corrected chi connectivity index (χ0v) is 16.1. The second kappa shape index (κ2) is 7.11. The van der Waals surface area contributed by atoms with Gasteiger partial charge in [0.2, 0.25) is 5.91 Å². The molecule has 0 unspecified atom stereocenters. The van der Waals surface area contributed by atoms with Gasteiger partial charge in [-0.3, -0.25) is 19.3 Å². The van der Waals surface area contributed by atoms with E-state index in [0.717, 1.165) is 18.0 Å². The number of fused-ring (bicyclic) bond motifs is 1. The van der Waals surface area contributed by atoms with Gasteiger partial charge in [-0.2, -0.15) is 0 Å². The Bertz CT molecular complexity index is 913. The fourth-order valence-corrected chi connectivity index (χ4v) is 4.02. The standard InChI is InChI=1S/C22H23N3O3/c1-15-7-3-6-10-19(15)23-11-13-24(14-12-23)20(26)16(2)25-21(27)17-8-4-5-9-18(17)22(25)28/h3-10,16H,11-14H2,1-2H3/t16-/m1/s1. The number of anilines is 1. The Hall–Kier alpha value is -3.15. The average molecular weight is 377 g/mol. The first-order valence-electron chi connectivity index (χ1n) is 9.55. The van der Waals surface area contributed by atoms with Crippen molar-refractivity contribution in [3.63, 3.8) is 0 Å². The lowest BCUT2D eigenvalue weighted by atomic mass is 10.1. The molecule has 28 heavy (non-hydrogen) atoms. The quantitative estimate of drug-likeness (QED) is 0.771. The molecule has 0 aromatic heterocycles. The number of para-hydroxylation sites is 1. The van der Waals surface area contributed by atoms with Gasteiger partial charge in [0.15, 0.2) is 0 Å². The van der Waals surface area contributed by atoms with Gasteiger partial charge >= 0.3 is 0 Å². The number of hydrogen-bond acceptors (Lipinski definition) is 4. The van der Waals surface area contributed by atoms with Crippen molar-refractivity contribution in [1.82, 2.24) is 9.80 Å². The van der Waals surface area contributed by atoms with Crippen LogP contribution in [0.4, 0.5) is 5.69 Å². The van der Waals surface area contributed by atoms with Gasteiger partial charge < -0.3 is 9.80 Å². The maximum absolute atomic E-state index is 13.0. The minimum absolute atomic E-state index is 0.182. The second-order valence-corrected chi connectivity index (χ2v) is 7.30. The molecule has 2 aromatic rings. The first kappa shape index (κ1) is 18.2. The van der Waals surface area contributed by atoms with E-state index in [9.17, 15) is 14.4 Å². The average Bonchev–Trinajstić information content (AvgIpc) is 2.98. The topological polar surface area (TPSA) is 60.9 Å². The predicted octanol–water partition coefficient (Wildman–Crippen LogP) is 2.33. The number of benzene rings is 2. The minimum atomic E-state index is -0.808. The van der Waals surface area contributed by atoms with E-state index in [-0.39, 0.29) is 17.7 Å². The Morgan fingerprint density at radius 3 is 1.96 bits per heavy atom. The van der Waals surface area contributed by atoms with E-state index >= 15 is 0 Å². The van der Waals surface area contributed by atoms with Crippen molar-refractivity contribution in [1.29, 1.82) is 0 Å². The van der Waals surface area contributed by atoms with Gasteiger partial charge in [-0.05, 0) is 37.6 Å². The summed E-state index contributed by atoms with van der Waals surface area (Å²) in [6, 6.07) is 14.1. The Balaban J connectivity index is 1.44. The van der Waals surface area contributed by atoms with E-state index in [1.807, 2.05) is 12.1 Å². The summed E-state index contributed by atoms with van der Waals surface area (Å²) in [5.41, 5.74) is 3.14. The maximum Gasteiger partial charge on any atom is 0.262 e. The molecule has 2 aliphatic rings. The van der Waals surface area contributed by atoms with Crippen LogP contribution in [0.2, 0.25) is 0 Å². The fourth-order valence-electron chi connectivity index (χ4n) is 4.02. The van der Waals surface area contributed by atoms with Crippen LogP contribution in [0.3, 0.4) is 0 Å². The van der Waals surface area contributed by atoms with Gasteiger partial charge in [-0.15, -0.1) is 0 Å². The molecule has 0 radical (unpaired) electrons. The molecule has 1 fully saturated rings. The summed E-state index contributed by atoms with van der Waals surface area (Å²) >= 11 is 0. The monoisotopic (exact) mass is 377 g/mol. The Kier molecular flexibility index (Phi) is 4.63. The molecular weight excluding hydrogens is 354 g/mol. The van der Waals surface area contributed by atoms with Gasteiger partial charge in [-0.1, -0.05) is 30.3 Å². The molecule has 0 N–H and O–H groups in total. The molecule has 144 valence electrons. The number of piperazine rings is 1. The van der Waals surface area contributed by atoms with E-state index in [2.05, 4.69) is 24.0 Å². The van der Waals surface area contributed by atoms with Crippen molar-refractivity contribution in [3.05, 3.63) is 65.2 Å². The van der Waals surface area contributed by atoms with Crippen LogP contribution in [0.25, 0.3) is 0 Å². The molecule has 3 amide bonds. The van der Waals surface area contributed by atoms with Crippen LogP contribution < -0.4 is 4.90 Å². The van der Waals surface area contributed by atoms with Crippen molar-refractivity contribution in [2.75, 3.05) is 31.1 Å². The normalized spacial score (nSPS) is 17.7. The Labute approximate surface area is 164 Å². The van der Waals surface area contributed by atoms with E-state index in [4.69, 9.17) is 0 Å². The number of carbonyl (C=O) groups is 3. The van der Waals surface area contributed by atoms with Crippen LogP contribution in [0.5, 0.6) is 0 Å². The fraction of sp³-hybridized carbons (Fsp3) is 0.318. The van der Waals surface area contributed by atoms with Crippen molar-refractivity contribution < 1.29 is 14.4 Å². The van der Waals surface area contributed by atoms with Gasteiger partial charge in [-0.25, -0.2) is 0 Å². The third-order valence-electron chi connectivity index (χ3n) is 5.62. The van der Waals surface area contributed by atoms with E-state index in [0.29, 0.717) is 24.2 Å². The lowest BCUT2D eigenvalue weighted by molar-refractivity contribution is -0.135. The van der Waals surface area contributed by atoms with Crippen LogP contribution in [-0.4, -0.2) is 59.7 Å². The molecule has 6 nitrogen and oxygen atoms in total. The Morgan fingerprint density at radius 1 is 0.857 bits per heavy atom. The number of nitrogens with zero attached hydrogens (tertiary/aromatic N) is 3. The summed E-state index contributed by atoms with van der Waals surface area (Å²) < 4.78 is 0. The summed E-state index contributed by atoms with van der Waals surface area (Å²) in [7, 11) is 0. The molecule has 0 bridgehead atoms. The third-order valence-corrected chi connectivity index (χ3v) is 5.62. The lowest BCUT2D eigenvalue weighted by Crippen LogP contribution is -2.55. The van der Waals surface area contributed by atoms with Crippen molar-refractivity contribution in [2.45, 2.75) is 19.9 Å². The summed E-state index contributed by atoms with van der Waals surface area (Å²) in [6.45, 7) is 6.31. The summed E-state index contributed by atoms with van der Waals surface area (Å²) in [5, 5.41) is 0. The minimum Gasteiger partial charge on any atom is -0.368 e. The number of hydrogen-bond donors (Lipinski definition) is 0. The van der Waals surface area contributed by atoms with Crippen LogP contribution >= 0.6 is 0 Å². The first-order valence-corrected chi connectivity index (χ1v) is 9.55. The molecule has 1 atom stereocenters. The second-order valence-electron chi connectivity index (χ2n) is 7.30. The third kappa shape index (κ3) is 2.95. The highest BCUT2D eigenvalue weighted by Gasteiger charge is 2.42. The zero-order valence-electron chi connectivity index (χ0n) is 16.1. The number of aryl methyl sites for hydroxylation is 1. The maximum atomic E-state index is 13.0. The SMILES string of the molecule is Cc1ccccc1N1CCN(C(=O)[C@@H](C)N2C(=O)c3ccccc3C2=O)CC1. The predicted molar refractivity (Wildman–Crippen MR) is 106 cm³/mol. The van der Waals surface area contributed by atoms with Gasteiger partial charge in [0.1, 0.15) is 6.04 Å². The Morgan fingerprint density at radius 2 is 1.39 bits per heavy atom. The van der Waals surface area contributed by atoms with Crippen molar-refractivity contribution >= 4 is 23.4 Å². The number of rotatable bonds is 3. The molecule has 4 rings (SSSR count). The van der Waals surface area contributed by atoms with E-state index < -0.39 is 6.04 Å². The van der Waals surface area contributed by atoms with E-state index in [1.165, 1.54) is 11.3 Å². The highest BCUT2D eigenvalue weighted by atomic mass is 16.2. The molecule has 2 aliphatic heterocycles. The van der Waals surface area contributed by atoms with E-state index in [1.54, 1.807) is 36.1 Å². The smallest absolute Gasteiger partial charge is 0.262 e. The first-order chi connectivity index (χ1) is 13.5. The molecule has 2 heterocycles. The summed E-state index contributed by atoms with van der Waals surface area (Å²) in [5.74, 6) is -0.959. The number of amides is 3. The number of carbonyl (C=O) groups excluding carboxylic acids is 3. The number of imide groups is 1. The largest absolute Gasteiger partial charge is 0.368 e. The van der Waals surface area contributed by atoms with Crippen LogP contribution in [0.1, 0.15) is 33.2 Å². The summed E-state index contributed by atoms with van der Waals surface area (Å²) in [4.78, 5) is 43.4.